The van der Waals surface area contributed by atoms with Gasteiger partial charge in [0.25, 0.3) is 5.91 Å². The molecule has 0 aliphatic carbocycles. The average molecular weight is 379 g/mol. The molecule has 1 aliphatic rings. The van der Waals surface area contributed by atoms with Gasteiger partial charge in [-0.2, -0.15) is 0 Å². The van der Waals surface area contributed by atoms with E-state index in [2.05, 4.69) is 6.07 Å². The summed E-state index contributed by atoms with van der Waals surface area (Å²) in [5.74, 6) is 0.330. The zero-order valence-electron chi connectivity index (χ0n) is 14.5. The van der Waals surface area contributed by atoms with Gasteiger partial charge in [-0.25, -0.2) is 0 Å². The smallest absolute Gasteiger partial charge is 0.289 e. The van der Waals surface area contributed by atoms with E-state index in [4.69, 9.17) is 4.42 Å². The molecule has 0 radical (unpaired) electrons. The Morgan fingerprint density at radius 3 is 2.76 bits per heavy atom. The van der Waals surface area contributed by atoms with E-state index < -0.39 is 0 Å². The lowest BCUT2D eigenvalue weighted by molar-refractivity contribution is -0.130. The van der Waals surface area contributed by atoms with Crippen molar-refractivity contribution in [2.75, 3.05) is 13.1 Å². The highest BCUT2D eigenvalue weighted by Gasteiger charge is 2.39. The zero-order valence-corrected chi connectivity index (χ0v) is 16.2. The van der Waals surface area contributed by atoms with Crippen molar-refractivity contribution in [1.82, 2.24) is 9.80 Å². The van der Waals surface area contributed by atoms with Crippen molar-refractivity contribution in [3.8, 4) is 0 Å². The first-order chi connectivity index (χ1) is 12.0. The maximum absolute atomic E-state index is 12.6. The molecule has 1 fully saturated rings. The first kappa shape index (κ1) is 18.1. The second-order valence-electron chi connectivity index (χ2n) is 6.25. The molecular formula is C18H22N2O3S2. The van der Waals surface area contributed by atoms with Gasteiger partial charge in [0.15, 0.2) is 5.76 Å². The van der Waals surface area contributed by atoms with Gasteiger partial charge in [-0.3, -0.25) is 9.59 Å². The average Bonchev–Trinajstić information content (AvgIpc) is 3.32. The second kappa shape index (κ2) is 7.66. The summed E-state index contributed by atoms with van der Waals surface area (Å²) in [5, 5.41) is 2.01. The van der Waals surface area contributed by atoms with Crippen molar-refractivity contribution in [1.29, 1.82) is 0 Å². The highest BCUT2D eigenvalue weighted by molar-refractivity contribution is 8.01. The van der Waals surface area contributed by atoms with E-state index in [1.54, 1.807) is 40.1 Å². The fraction of sp³-hybridized carbons (Fsp3) is 0.444. The van der Waals surface area contributed by atoms with Crippen LogP contribution in [0.25, 0.3) is 0 Å². The van der Waals surface area contributed by atoms with Crippen LogP contribution in [0.4, 0.5) is 0 Å². The van der Waals surface area contributed by atoms with Crippen molar-refractivity contribution in [3.63, 3.8) is 0 Å². The number of furan rings is 1. The van der Waals surface area contributed by atoms with E-state index in [9.17, 15) is 9.59 Å². The number of carbonyl (C=O) groups is 2. The fourth-order valence-electron chi connectivity index (χ4n) is 2.91. The minimum atomic E-state index is -0.139. The normalized spacial score (nSPS) is 20.5. The van der Waals surface area contributed by atoms with Gasteiger partial charge < -0.3 is 14.2 Å². The molecule has 0 N–H and O–H groups in total. The van der Waals surface area contributed by atoms with Crippen molar-refractivity contribution < 1.29 is 14.0 Å². The predicted octanol–water partition coefficient (Wildman–Crippen LogP) is 3.85. The lowest BCUT2D eigenvalue weighted by Gasteiger charge is -2.30. The third-order valence-electron chi connectivity index (χ3n) is 4.23. The van der Waals surface area contributed by atoms with Gasteiger partial charge in [0, 0.05) is 24.0 Å². The zero-order chi connectivity index (χ0) is 18.0. The number of hydrogen-bond acceptors (Lipinski definition) is 5. The van der Waals surface area contributed by atoms with Crippen LogP contribution in [-0.2, 0) is 4.79 Å². The van der Waals surface area contributed by atoms with E-state index in [0.717, 1.165) is 0 Å². The maximum Gasteiger partial charge on any atom is 0.289 e. The number of thiophene rings is 1. The van der Waals surface area contributed by atoms with Crippen molar-refractivity contribution >= 4 is 34.9 Å². The molecule has 0 spiro atoms. The van der Waals surface area contributed by atoms with E-state index in [1.165, 1.54) is 11.1 Å². The molecule has 2 unspecified atom stereocenters. The Morgan fingerprint density at radius 1 is 1.36 bits per heavy atom. The number of thioether (sulfide) groups is 1. The van der Waals surface area contributed by atoms with Crippen LogP contribution in [0, 0.1) is 0 Å². The molecular weight excluding hydrogens is 356 g/mol. The number of nitrogens with zero attached hydrogens (tertiary/aromatic N) is 2. The number of carbonyl (C=O) groups excluding carboxylic acids is 2. The Balaban J connectivity index is 1.72. The van der Waals surface area contributed by atoms with Gasteiger partial charge >= 0.3 is 0 Å². The maximum atomic E-state index is 12.6. The Bertz CT molecular complexity index is 713. The molecule has 1 saturated heterocycles. The van der Waals surface area contributed by atoms with Crippen LogP contribution >= 0.6 is 23.1 Å². The van der Waals surface area contributed by atoms with E-state index >= 15 is 0 Å². The molecule has 3 heterocycles. The summed E-state index contributed by atoms with van der Waals surface area (Å²) in [5.41, 5.74) is 0. The number of hydrogen-bond donors (Lipinski definition) is 0. The van der Waals surface area contributed by atoms with Gasteiger partial charge in [0.2, 0.25) is 5.91 Å². The summed E-state index contributed by atoms with van der Waals surface area (Å²) >= 11 is 3.33. The van der Waals surface area contributed by atoms with E-state index in [1.807, 2.05) is 37.1 Å². The summed E-state index contributed by atoms with van der Waals surface area (Å²) in [6, 6.07) is 7.48. The molecule has 3 rings (SSSR count). The Morgan fingerprint density at radius 2 is 2.16 bits per heavy atom. The molecule has 2 atom stereocenters. The molecule has 7 heteroatoms. The first-order valence-corrected chi connectivity index (χ1v) is 10.1. The molecule has 2 amide bonds. The van der Waals surface area contributed by atoms with Crippen LogP contribution in [0.5, 0.6) is 0 Å². The Kier molecular flexibility index (Phi) is 5.54. The lowest BCUT2D eigenvalue weighted by Crippen LogP contribution is -2.43. The molecule has 1 aliphatic heterocycles. The van der Waals surface area contributed by atoms with Crippen LogP contribution in [0.1, 0.15) is 41.6 Å². The van der Waals surface area contributed by atoms with Crippen molar-refractivity contribution in [3.05, 3.63) is 46.5 Å². The monoisotopic (exact) mass is 378 g/mol. The summed E-state index contributed by atoms with van der Waals surface area (Å²) in [4.78, 5) is 30.0. The molecule has 0 aromatic carbocycles. The minimum absolute atomic E-state index is 0.0283. The van der Waals surface area contributed by atoms with Crippen molar-refractivity contribution in [2.45, 2.75) is 37.4 Å². The number of rotatable bonds is 6. The van der Waals surface area contributed by atoms with Crippen LogP contribution in [0.15, 0.2) is 40.3 Å². The SMILES string of the molecule is CC1SC(c2cccs2)N(CCN(C(=O)c2ccco2)C(C)C)C1=O. The summed E-state index contributed by atoms with van der Waals surface area (Å²) in [6.07, 6.45) is 1.50. The van der Waals surface area contributed by atoms with Gasteiger partial charge in [-0.1, -0.05) is 6.07 Å². The molecule has 25 heavy (non-hydrogen) atoms. The number of amides is 2. The van der Waals surface area contributed by atoms with Crippen LogP contribution in [0.3, 0.4) is 0 Å². The Hall–Kier alpha value is -1.73. The van der Waals surface area contributed by atoms with Gasteiger partial charge in [-0.15, -0.1) is 23.1 Å². The summed E-state index contributed by atoms with van der Waals surface area (Å²) in [6.45, 7) is 6.89. The Labute approximate surface area is 156 Å². The molecule has 0 saturated carbocycles. The lowest BCUT2D eigenvalue weighted by atomic mass is 10.2. The largest absolute Gasteiger partial charge is 0.459 e. The molecule has 2 aromatic rings. The van der Waals surface area contributed by atoms with Gasteiger partial charge in [0.1, 0.15) is 5.37 Å². The van der Waals surface area contributed by atoms with Crippen LogP contribution in [0.2, 0.25) is 0 Å². The third-order valence-corrected chi connectivity index (χ3v) is 6.68. The predicted molar refractivity (Wildman–Crippen MR) is 101 cm³/mol. The van der Waals surface area contributed by atoms with Crippen LogP contribution in [-0.4, -0.2) is 46.0 Å². The third kappa shape index (κ3) is 3.77. The summed E-state index contributed by atoms with van der Waals surface area (Å²) in [7, 11) is 0. The second-order valence-corrected chi connectivity index (χ2v) is 8.65. The minimum Gasteiger partial charge on any atom is -0.459 e. The van der Waals surface area contributed by atoms with E-state index in [-0.39, 0.29) is 28.5 Å². The first-order valence-electron chi connectivity index (χ1n) is 8.33. The standard InChI is InChI=1S/C18H22N2O3S2/c1-12(2)19(17(22)14-6-4-10-23-14)8-9-20-16(21)13(3)25-18(20)15-7-5-11-24-15/h4-7,10-13,18H,8-9H2,1-3H3. The molecule has 134 valence electrons. The molecule has 0 bridgehead atoms. The van der Waals surface area contributed by atoms with Crippen molar-refractivity contribution in [2.24, 2.45) is 0 Å². The van der Waals surface area contributed by atoms with Gasteiger partial charge in [0.05, 0.1) is 11.5 Å². The fourth-order valence-corrected chi connectivity index (χ4v) is 5.16. The highest BCUT2D eigenvalue weighted by atomic mass is 32.2. The summed E-state index contributed by atoms with van der Waals surface area (Å²) < 4.78 is 5.24. The highest BCUT2D eigenvalue weighted by Crippen LogP contribution is 2.44. The van der Waals surface area contributed by atoms with Gasteiger partial charge in [-0.05, 0) is 44.4 Å². The van der Waals surface area contributed by atoms with E-state index in [0.29, 0.717) is 18.8 Å². The molecule has 2 aromatic heterocycles. The van der Waals surface area contributed by atoms with Crippen LogP contribution < -0.4 is 0 Å². The topological polar surface area (TPSA) is 53.8 Å². The quantitative estimate of drug-likeness (QED) is 0.766. The molecule has 5 nitrogen and oxygen atoms in total.